The van der Waals surface area contributed by atoms with Crippen molar-refractivity contribution >= 4 is 44.7 Å². The summed E-state index contributed by atoms with van der Waals surface area (Å²) >= 11 is 0. The lowest BCUT2D eigenvalue weighted by Crippen LogP contribution is -2.43. The minimum absolute atomic E-state index is 0.0393. The Hall–Kier alpha value is -4.09. The van der Waals surface area contributed by atoms with E-state index in [4.69, 9.17) is 10.5 Å². The van der Waals surface area contributed by atoms with E-state index < -0.39 is 16.1 Å². The number of hydrogen-bond acceptors (Lipinski definition) is 7. The highest BCUT2D eigenvalue weighted by Gasteiger charge is 2.36. The predicted molar refractivity (Wildman–Crippen MR) is 136 cm³/mol. The third-order valence-corrected chi connectivity index (χ3v) is 7.91. The first kappa shape index (κ1) is 23.6. The molecule has 36 heavy (non-hydrogen) atoms. The van der Waals surface area contributed by atoms with Crippen LogP contribution in [-0.2, 0) is 21.3 Å². The average molecular weight is 508 g/mol. The molecule has 0 saturated carbocycles. The minimum Gasteiger partial charge on any atom is -0.397 e. The van der Waals surface area contributed by atoms with Crippen LogP contribution in [0.5, 0.6) is 0 Å². The Labute approximate surface area is 208 Å². The Morgan fingerprint density at radius 3 is 2.50 bits per heavy atom. The molecule has 2 aliphatic heterocycles. The third kappa shape index (κ3) is 4.58. The SMILES string of the molecule is Nc1ccc(N2CCOCC2)cc1NC(=O)c1ccc(CN2C(=O)Nc3ccccc3S2(=O)=O)cc1. The molecule has 0 atom stereocenters. The van der Waals surface area contributed by atoms with Gasteiger partial charge in [-0.05, 0) is 48.0 Å². The van der Waals surface area contributed by atoms with Crippen LogP contribution in [0.25, 0.3) is 0 Å². The molecule has 0 aromatic heterocycles. The third-order valence-electron chi connectivity index (χ3n) is 6.13. The lowest BCUT2D eigenvalue weighted by atomic mass is 10.1. The number of morpholine rings is 1. The molecule has 4 N–H and O–H groups in total. The molecule has 0 bridgehead atoms. The van der Waals surface area contributed by atoms with E-state index in [0.717, 1.165) is 23.1 Å². The number of nitrogen functional groups attached to an aromatic ring is 1. The Bertz CT molecular complexity index is 1420. The fourth-order valence-electron chi connectivity index (χ4n) is 4.15. The molecule has 2 aliphatic rings. The van der Waals surface area contributed by atoms with Crippen LogP contribution in [-0.4, -0.2) is 51.0 Å². The Kier molecular flexibility index (Phi) is 6.25. The number of para-hydroxylation sites is 1. The lowest BCUT2D eigenvalue weighted by molar-refractivity contribution is 0.102. The zero-order valence-electron chi connectivity index (χ0n) is 19.3. The molecular weight excluding hydrogens is 482 g/mol. The summed E-state index contributed by atoms with van der Waals surface area (Å²) < 4.78 is 32.1. The second kappa shape index (κ2) is 9.51. The normalized spacial score (nSPS) is 16.7. The summed E-state index contributed by atoms with van der Waals surface area (Å²) in [6.07, 6.45) is 0. The van der Waals surface area contributed by atoms with E-state index in [9.17, 15) is 18.0 Å². The van der Waals surface area contributed by atoms with Crippen LogP contribution in [0.4, 0.5) is 27.5 Å². The van der Waals surface area contributed by atoms with Crippen LogP contribution in [0.2, 0.25) is 0 Å². The maximum Gasteiger partial charge on any atom is 0.336 e. The van der Waals surface area contributed by atoms with Gasteiger partial charge in [0, 0.05) is 24.3 Å². The number of anilines is 4. The van der Waals surface area contributed by atoms with Crippen molar-refractivity contribution in [1.82, 2.24) is 4.31 Å². The number of carbonyl (C=O) groups excluding carboxylic acids is 2. The first-order valence-corrected chi connectivity index (χ1v) is 12.8. The first-order chi connectivity index (χ1) is 17.3. The van der Waals surface area contributed by atoms with Crippen LogP contribution in [0.1, 0.15) is 15.9 Å². The quantitative estimate of drug-likeness (QED) is 0.452. The zero-order valence-corrected chi connectivity index (χ0v) is 20.1. The van der Waals surface area contributed by atoms with Gasteiger partial charge in [-0.1, -0.05) is 24.3 Å². The van der Waals surface area contributed by atoms with Gasteiger partial charge in [0.05, 0.1) is 36.8 Å². The molecule has 1 fully saturated rings. The van der Waals surface area contributed by atoms with Gasteiger partial charge in [-0.3, -0.25) is 4.79 Å². The van der Waals surface area contributed by atoms with Gasteiger partial charge in [-0.25, -0.2) is 17.5 Å². The van der Waals surface area contributed by atoms with Crippen LogP contribution < -0.4 is 21.3 Å². The van der Waals surface area contributed by atoms with Crippen molar-refractivity contribution in [3.63, 3.8) is 0 Å². The van der Waals surface area contributed by atoms with E-state index in [1.165, 1.54) is 6.07 Å². The van der Waals surface area contributed by atoms with Crippen molar-refractivity contribution in [2.75, 3.05) is 47.6 Å². The van der Waals surface area contributed by atoms with Gasteiger partial charge >= 0.3 is 6.03 Å². The van der Waals surface area contributed by atoms with Gasteiger partial charge < -0.3 is 26.0 Å². The van der Waals surface area contributed by atoms with Crippen LogP contribution in [0, 0.1) is 0 Å². The predicted octanol–water partition coefficient (Wildman–Crippen LogP) is 3.09. The zero-order chi connectivity index (χ0) is 25.3. The molecule has 2 heterocycles. The number of urea groups is 1. The van der Waals surface area contributed by atoms with E-state index in [1.54, 1.807) is 48.5 Å². The molecule has 186 valence electrons. The summed E-state index contributed by atoms with van der Waals surface area (Å²) in [4.78, 5) is 27.6. The number of ether oxygens (including phenoxy) is 1. The number of nitrogens with two attached hydrogens (primary N) is 1. The Morgan fingerprint density at radius 1 is 1.03 bits per heavy atom. The number of hydrogen-bond donors (Lipinski definition) is 3. The number of nitrogens with one attached hydrogen (secondary N) is 2. The minimum atomic E-state index is -4.00. The van der Waals surface area contributed by atoms with Gasteiger partial charge in [-0.15, -0.1) is 0 Å². The van der Waals surface area contributed by atoms with Crippen LogP contribution in [0.3, 0.4) is 0 Å². The summed E-state index contributed by atoms with van der Waals surface area (Å²) in [6, 6.07) is 17.4. The topological polar surface area (TPSA) is 134 Å². The van der Waals surface area contributed by atoms with Crippen molar-refractivity contribution in [1.29, 1.82) is 0 Å². The molecule has 0 spiro atoms. The first-order valence-electron chi connectivity index (χ1n) is 11.4. The van der Waals surface area contributed by atoms with E-state index >= 15 is 0 Å². The second-order valence-corrected chi connectivity index (χ2v) is 10.3. The number of amides is 3. The number of nitrogens with zero attached hydrogens (tertiary/aromatic N) is 2. The fraction of sp³-hybridized carbons (Fsp3) is 0.200. The molecule has 3 aromatic carbocycles. The molecule has 0 aliphatic carbocycles. The number of fused-ring (bicyclic) bond motifs is 1. The highest BCUT2D eigenvalue weighted by Crippen LogP contribution is 2.31. The fourth-order valence-corrected chi connectivity index (χ4v) is 5.62. The van der Waals surface area contributed by atoms with Crippen molar-refractivity contribution in [2.45, 2.75) is 11.4 Å². The van der Waals surface area contributed by atoms with E-state index in [2.05, 4.69) is 15.5 Å². The van der Waals surface area contributed by atoms with Crippen LogP contribution >= 0.6 is 0 Å². The van der Waals surface area contributed by atoms with E-state index in [1.807, 2.05) is 12.1 Å². The van der Waals surface area contributed by atoms with Crippen molar-refractivity contribution in [3.05, 3.63) is 77.9 Å². The molecule has 0 radical (unpaired) electrons. The molecule has 3 amide bonds. The van der Waals surface area contributed by atoms with Gasteiger partial charge in [0.25, 0.3) is 15.9 Å². The molecule has 3 aromatic rings. The van der Waals surface area contributed by atoms with Crippen molar-refractivity contribution < 1.29 is 22.7 Å². The molecule has 10 nitrogen and oxygen atoms in total. The number of benzene rings is 3. The number of sulfonamides is 1. The summed E-state index contributed by atoms with van der Waals surface area (Å²) in [7, 11) is -4.00. The lowest BCUT2D eigenvalue weighted by Gasteiger charge is -2.29. The van der Waals surface area contributed by atoms with Gasteiger partial charge in [0.2, 0.25) is 0 Å². The summed E-state index contributed by atoms with van der Waals surface area (Å²) in [5.41, 5.74) is 9.15. The highest BCUT2D eigenvalue weighted by molar-refractivity contribution is 7.90. The molecule has 1 saturated heterocycles. The Morgan fingerprint density at radius 2 is 1.75 bits per heavy atom. The second-order valence-electron chi connectivity index (χ2n) is 8.46. The maximum absolute atomic E-state index is 12.9. The van der Waals surface area contributed by atoms with Gasteiger partial charge in [0.1, 0.15) is 4.90 Å². The smallest absolute Gasteiger partial charge is 0.336 e. The van der Waals surface area contributed by atoms with E-state index in [-0.39, 0.29) is 23.0 Å². The largest absolute Gasteiger partial charge is 0.397 e. The van der Waals surface area contributed by atoms with Gasteiger partial charge in [-0.2, -0.15) is 0 Å². The summed E-state index contributed by atoms with van der Waals surface area (Å²) in [6.45, 7) is 2.64. The van der Waals surface area contributed by atoms with Gasteiger partial charge in [0.15, 0.2) is 0 Å². The molecular formula is C25H25N5O5S. The summed E-state index contributed by atoms with van der Waals surface area (Å²) in [5.74, 6) is -0.357. The van der Waals surface area contributed by atoms with E-state index in [0.29, 0.717) is 35.7 Å². The molecule has 0 unspecified atom stereocenters. The number of rotatable bonds is 5. The Balaban J connectivity index is 1.29. The molecule has 5 rings (SSSR count). The number of carbonyl (C=O) groups is 2. The highest BCUT2D eigenvalue weighted by atomic mass is 32.2. The average Bonchev–Trinajstić information content (AvgIpc) is 2.89. The summed E-state index contributed by atoms with van der Waals surface area (Å²) in [5, 5.41) is 5.44. The van der Waals surface area contributed by atoms with Crippen LogP contribution in [0.15, 0.2) is 71.6 Å². The monoisotopic (exact) mass is 507 g/mol. The van der Waals surface area contributed by atoms with Crippen molar-refractivity contribution in [3.8, 4) is 0 Å². The standard InChI is InChI=1S/C25H25N5O5S/c26-20-10-9-19(29-11-13-35-14-12-29)15-22(20)27-24(31)18-7-5-17(6-8-18)16-30-25(32)28-21-3-1-2-4-23(21)36(30,33)34/h1-10,15H,11-14,16,26H2,(H,27,31)(H,28,32). The maximum atomic E-state index is 12.9. The van der Waals surface area contributed by atoms with Crippen molar-refractivity contribution in [2.24, 2.45) is 0 Å². The molecule has 11 heteroatoms.